The summed E-state index contributed by atoms with van der Waals surface area (Å²) in [7, 11) is 0. The average molecular weight is 913 g/mol. The number of carboxylic acids is 2. The summed E-state index contributed by atoms with van der Waals surface area (Å²) in [5.41, 5.74) is 7.22. The van der Waals surface area contributed by atoms with E-state index in [0.717, 1.165) is 107 Å². The summed E-state index contributed by atoms with van der Waals surface area (Å²) in [5.74, 6) is 1.77. The second-order valence-corrected chi connectivity index (χ2v) is 18.7. The van der Waals surface area contributed by atoms with Crippen LogP contribution >= 0.6 is 0 Å². The summed E-state index contributed by atoms with van der Waals surface area (Å²) in [4.78, 5) is 26.8. The number of carbonyl (C=O) groups is 2. The summed E-state index contributed by atoms with van der Waals surface area (Å²) >= 11 is 0. The number of fused-ring (bicyclic) bond motifs is 2. The van der Waals surface area contributed by atoms with Crippen LogP contribution in [-0.2, 0) is 40.3 Å². The highest BCUT2D eigenvalue weighted by Crippen LogP contribution is 2.36. The summed E-state index contributed by atoms with van der Waals surface area (Å²) in [6, 6.07) is 32.4. The molecule has 0 saturated carbocycles. The minimum absolute atomic E-state index is 0.0206. The molecule has 4 aromatic carbocycles. The molecule has 2 fully saturated rings. The zero-order valence-electron chi connectivity index (χ0n) is 40.0. The lowest BCUT2D eigenvalue weighted by Crippen LogP contribution is -2.35. The third-order valence-electron chi connectivity index (χ3n) is 13.4. The Morgan fingerprint density at radius 2 is 1.09 bits per heavy atom. The number of rotatable bonds is 22. The number of hydrogen-bond acceptors (Lipinski definition) is 7. The third-order valence-corrected chi connectivity index (χ3v) is 13.4. The van der Waals surface area contributed by atoms with Gasteiger partial charge in [-0.15, -0.1) is 0 Å². The number of aliphatic carboxylic acids is 2. The van der Waals surface area contributed by atoms with Gasteiger partial charge in [0.05, 0.1) is 26.1 Å². The van der Waals surface area contributed by atoms with Crippen LogP contribution in [0.1, 0.15) is 93.4 Å². The van der Waals surface area contributed by atoms with Gasteiger partial charge in [0.15, 0.2) is 0 Å². The number of nitrogens with zero attached hydrogens (tertiary/aromatic N) is 4. The lowest BCUT2D eigenvalue weighted by molar-refractivity contribution is -0.137. The van der Waals surface area contributed by atoms with Crippen molar-refractivity contribution in [2.24, 2.45) is 5.92 Å². The summed E-state index contributed by atoms with van der Waals surface area (Å²) in [6.45, 7) is 17.7. The minimum Gasteiger partial charge on any atom is -0.494 e. The molecule has 4 heterocycles. The number of likely N-dealkylation sites (tertiary alicyclic amines) is 2. The van der Waals surface area contributed by atoms with Crippen LogP contribution in [0.3, 0.4) is 0 Å². The monoisotopic (exact) mass is 913 g/mol. The topological polar surface area (TPSA) is 119 Å². The largest absolute Gasteiger partial charge is 0.494 e. The first-order chi connectivity index (χ1) is 32.6. The molecule has 2 saturated heterocycles. The number of hydrogen-bond donors (Lipinski definition) is 2. The van der Waals surface area contributed by atoms with Crippen molar-refractivity contribution in [1.82, 2.24) is 18.9 Å². The van der Waals surface area contributed by atoms with Crippen LogP contribution in [-0.4, -0.2) is 107 Å². The SMILES string of the molecule is CC(C)CCn1cc(C2CCN(CCCOc3cccc(CC(=O)O)c3)CC2)c2ccccc21.CCOCCn1cc(C2CCN(CCOc3cccc(CC(=O)O)c3)CC2)c2ccccc21. The van der Waals surface area contributed by atoms with Crippen molar-refractivity contribution in [2.45, 2.75) is 97.1 Å². The lowest BCUT2D eigenvalue weighted by Gasteiger charge is -2.32. The fraction of sp³-hybridized carbons (Fsp3) is 0.464. The summed E-state index contributed by atoms with van der Waals surface area (Å²) < 4.78 is 22.2. The van der Waals surface area contributed by atoms with E-state index in [1.165, 1.54) is 52.2 Å². The van der Waals surface area contributed by atoms with Crippen LogP contribution in [0.4, 0.5) is 0 Å². The number of aryl methyl sites for hydroxylation is 1. The molecule has 0 radical (unpaired) electrons. The number of aromatic nitrogens is 2. The van der Waals surface area contributed by atoms with Crippen molar-refractivity contribution in [3.8, 4) is 11.5 Å². The predicted octanol–water partition coefficient (Wildman–Crippen LogP) is 10.5. The maximum atomic E-state index is 10.9. The Labute approximate surface area is 397 Å². The van der Waals surface area contributed by atoms with Crippen molar-refractivity contribution in [3.05, 3.63) is 132 Å². The minimum atomic E-state index is -0.826. The van der Waals surface area contributed by atoms with Gasteiger partial charge >= 0.3 is 11.9 Å². The molecule has 2 aliphatic heterocycles. The molecular weight excluding hydrogens is 841 g/mol. The van der Waals surface area contributed by atoms with E-state index in [1.807, 2.05) is 55.5 Å². The van der Waals surface area contributed by atoms with Gasteiger partial charge in [0.25, 0.3) is 0 Å². The van der Waals surface area contributed by atoms with Crippen LogP contribution in [0.2, 0.25) is 0 Å². The molecule has 2 aliphatic rings. The van der Waals surface area contributed by atoms with E-state index in [-0.39, 0.29) is 12.8 Å². The smallest absolute Gasteiger partial charge is 0.307 e. The van der Waals surface area contributed by atoms with Crippen LogP contribution in [0, 0.1) is 5.92 Å². The Morgan fingerprint density at radius 3 is 1.60 bits per heavy atom. The molecule has 11 nitrogen and oxygen atoms in total. The van der Waals surface area contributed by atoms with Crippen LogP contribution < -0.4 is 9.47 Å². The van der Waals surface area contributed by atoms with E-state index in [9.17, 15) is 9.59 Å². The fourth-order valence-corrected chi connectivity index (χ4v) is 9.82. The quantitative estimate of drug-likeness (QED) is 0.0642. The van der Waals surface area contributed by atoms with E-state index >= 15 is 0 Å². The zero-order valence-corrected chi connectivity index (χ0v) is 40.0. The molecule has 0 atom stereocenters. The van der Waals surface area contributed by atoms with Gasteiger partial charge in [-0.05, 0) is 148 Å². The van der Waals surface area contributed by atoms with Gasteiger partial charge in [-0.1, -0.05) is 74.5 Å². The lowest BCUT2D eigenvalue weighted by atomic mass is 9.89. The maximum Gasteiger partial charge on any atom is 0.307 e. The highest BCUT2D eigenvalue weighted by molar-refractivity contribution is 5.85. The van der Waals surface area contributed by atoms with Crippen LogP contribution in [0.5, 0.6) is 11.5 Å². The van der Waals surface area contributed by atoms with Crippen molar-refractivity contribution in [2.75, 3.05) is 65.7 Å². The van der Waals surface area contributed by atoms with E-state index in [1.54, 1.807) is 0 Å². The molecule has 0 aliphatic carbocycles. The Morgan fingerprint density at radius 1 is 0.597 bits per heavy atom. The Bertz CT molecular complexity index is 2480. The highest BCUT2D eigenvalue weighted by atomic mass is 16.5. The number of benzene rings is 4. The van der Waals surface area contributed by atoms with Crippen LogP contribution in [0.25, 0.3) is 21.8 Å². The van der Waals surface area contributed by atoms with Crippen molar-refractivity contribution < 1.29 is 34.0 Å². The van der Waals surface area contributed by atoms with Crippen LogP contribution in [0.15, 0.2) is 109 Å². The summed E-state index contributed by atoms with van der Waals surface area (Å²) in [6.07, 6.45) is 11.7. The van der Waals surface area contributed by atoms with Gasteiger partial charge in [0.1, 0.15) is 18.1 Å². The normalized spacial score (nSPS) is 15.2. The van der Waals surface area contributed by atoms with Crippen molar-refractivity contribution >= 4 is 33.7 Å². The van der Waals surface area contributed by atoms with Crippen molar-refractivity contribution in [1.29, 1.82) is 0 Å². The Balaban J connectivity index is 0.000000199. The standard InChI is InChI=1S/C29H38N2O3.C27H34N2O4/c1-22(2)11-17-31-21-27(26-9-3-4-10-28(26)31)24-12-15-30(16-13-24)14-6-18-34-25-8-5-7-23(19-25)20-29(32)33;1-2-32-16-15-29-20-25(24-8-3-4-9-26(24)29)22-10-12-28(13-11-22)14-17-33-23-7-5-6-21(18-23)19-27(30)31/h3-5,7-10,19,21-22,24H,6,11-18,20H2,1-2H3,(H,32,33);3-9,18,20,22H,2,10-17,19H2,1H3,(H,30,31). The molecular formula is C56H72N4O7. The zero-order chi connectivity index (χ0) is 47.0. The van der Waals surface area contributed by atoms with Gasteiger partial charge in [0.2, 0.25) is 0 Å². The predicted molar refractivity (Wildman–Crippen MR) is 268 cm³/mol. The average Bonchev–Trinajstić information content (AvgIpc) is 3.89. The molecule has 8 rings (SSSR count). The van der Waals surface area contributed by atoms with Gasteiger partial charge in [-0.2, -0.15) is 0 Å². The molecule has 0 spiro atoms. The molecule has 358 valence electrons. The second-order valence-electron chi connectivity index (χ2n) is 18.7. The van der Waals surface area contributed by atoms with E-state index in [2.05, 4.69) is 93.7 Å². The molecule has 0 amide bonds. The number of para-hydroxylation sites is 2. The first-order valence-corrected chi connectivity index (χ1v) is 24.7. The number of ether oxygens (including phenoxy) is 3. The molecule has 6 aromatic rings. The van der Waals surface area contributed by atoms with Gasteiger partial charge in [0, 0.05) is 67.0 Å². The Kier molecular flexibility index (Phi) is 18.4. The van der Waals surface area contributed by atoms with Gasteiger partial charge < -0.3 is 38.5 Å². The Hall–Kier alpha value is -5.62. The second kappa shape index (κ2) is 24.9. The first-order valence-electron chi connectivity index (χ1n) is 24.7. The molecule has 67 heavy (non-hydrogen) atoms. The molecule has 2 aromatic heterocycles. The van der Waals surface area contributed by atoms with E-state index < -0.39 is 11.9 Å². The van der Waals surface area contributed by atoms with Gasteiger partial charge in [-0.3, -0.25) is 14.5 Å². The fourth-order valence-electron chi connectivity index (χ4n) is 9.82. The third kappa shape index (κ3) is 14.4. The number of carboxylic acid groups (broad SMARTS) is 2. The number of piperidine rings is 2. The van der Waals surface area contributed by atoms with E-state index in [4.69, 9.17) is 24.4 Å². The molecule has 2 N–H and O–H groups in total. The first kappa shape index (κ1) is 49.3. The van der Waals surface area contributed by atoms with E-state index in [0.29, 0.717) is 31.0 Å². The summed E-state index contributed by atoms with van der Waals surface area (Å²) in [5, 5.41) is 20.7. The molecule has 11 heteroatoms. The van der Waals surface area contributed by atoms with Gasteiger partial charge in [-0.25, -0.2) is 0 Å². The highest BCUT2D eigenvalue weighted by Gasteiger charge is 2.25. The molecule has 0 unspecified atom stereocenters. The molecule has 0 bridgehead atoms. The maximum absolute atomic E-state index is 10.9. The van der Waals surface area contributed by atoms with Crippen molar-refractivity contribution in [3.63, 3.8) is 0 Å².